The topological polar surface area (TPSA) is 83.8 Å². The largest absolute Gasteiger partial charge is 0.336 e. The first kappa shape index (κ1) is 16.0. The summed E-state index contributed by atoms with van der Waals surface area (Å²) in [4.78, 5) is 38.8. The number of anilines is 1. The molecule has 2 amide bonds. The van der Waals surface area contributed by atoms with Crippen molar-refractivity contribution in [2.75, 3.05) is 18.5 Å². The summed E-state index contributed by atoms with van der Waals surface area (Å²) in [6, 6.07) is 13.5. The van der Waals surface area contributed by atoms with Gasteiger partial charge in [0.2, 0.25) is 0 Å². The van der Waals surface area contributed by atoms with Gasteiger partial charge in [0.15, 0.2) is 0 Å². The molecule has 2 aliphatic rings. The molecule has 2 aromatic carbocycles. The van der Waals surface area contributed by atoms with Crippen molar-refractivity contribution in [2.45, 2.75) is 6.42 Å². The van der Waals surface area contributed by atoms with Crippen molar-refractivity contribution >= 4 is 28.8 Å². The molecule has 2 aliphatic heterocycles. The van der Waals surface area contributed by atoms with E-state index in [1.165, 1.54) is 31.3 Å². The Kier molecular flexibility index (Phi) is 3.57. The van der Waals surface area contributed by atoms with Gasteiger partial charge in [0.1, 0.15) is 5.70 Å². The van der Waals surface area contributed by atoms with Crippen LogP contribution in [0.15, 0.2) is 54.2 Å². The Morgan fingerprint density at radius 1 is 1.00 bits per heavy atom. The molecule has 0 saturated heterocycles. The number of likely N-dealkylation sites (N-methyl/N-ethyl adjacent to an activating group) is 1. The zero-order valence-electron chi connectivity index (χ0n) is 14.0. The highest BCUT2D eigenvalue weighted by molar-refractivity contribution is 6.36. The average Bonchev–Trinajstić information content (AvgIpc) is 3.16. The number of fused-ring (bicyclic) bond motifs is 1. The maximum atomic E-state index is 12.8. The molecular formula is C19H15N3O4. The van der Waals surface area contributed by atoms with Gasteiger partial charge in [0.05, 0.1) is 10.5 Å². The van der Waals surface area contributed by atoms with Crippen molar-refractivity contribution in [3.8, 4) is 0 Å². The maximum Gasteiger partial charge on any atom is 0.277 e. The summed E-state index contributed by atoms with van der Waals surface area (Å²) in [5.41, 5.74) is 3.09. The molecule has 7 heteroatoms. The highest BCUT2D eigenvalue weighted by Gasteiger charge is 2.41. The van der Waals surface area contributed by atoms with E-state index < -0.39 is 10.8 Å². The molecule has 130 valence electrons. The van der Waals surface area contributed by atoms with E-state index in [1.54, 1.807) is 0 Å². The molecule has 0 unspecified atom stereocenters. The number of para-hydroxylation sites is 1. The molecule has 2 aromatic rings. The number of imide groups is 1. The quantitative estimate of drug-likeness (QED) is 0.482. The monoisotopic (exact) mass is 349 g/mol. The second-order valence-electron chi connectivity index (χ2n) is 6.23. The Hall–Kier alpha value is -3.48. The smallest absolute Gasteiger partial charge is 0.277 e. The summed E-state index contributed by atoms with van der Waals surface area (Å²) in [5, 5.41) is 10.9. The number of hydrogen-bond acceptors (Lipinski definition) is 5. The molecule has 0 saturated carbocycles. The predicted octanol–water partition coefficient (Wildman–Crippen LogP) is 2.37. The molecule has 0 N–H and O–H groups in total. The third-order valence-electron chi connectivity index (χ3n) is 4.79. The van der Waals surface area contributed by atoms with E-state index in [2.05, 4.69) is 0 Å². The second-order valence-corrected chi connectivity index (χ2v) is 6.23. The number of benzene rings is 2. The molecular weight excluding hydrogens is 334 g/mol. The molecule has 0 radical (unpaired) electrons. The fraction of sp³-hybridized carbons (Fsp3) is 0.158. The summed E-state index contributed by atoms with van der Waals surface area (Å²) in [5.74, 6) is -0.761. The second kappa shape index (κ2) is 5.80. The van der Waals surface area contributed by atoms with E-state index >= 15 is 0 Å². The van der Waals surface area contributed by atoms with Crippen molar-refractivity contribution in [1.29, 1.82) is 0 Å². The summed E-state index contributed by atoms with van der Waals surface area (Å²) in [6.07, 6.45) is 0.790. The van der Waals surface area contributed by atoms with Crippen LogP contribution in [0.25, 0.3) is 5.57 Å². The standard InChI is InChI=1S/C19H15N3O4/c1-20-18(23)16(13-6-8-14(9-7-13)22(25)26)17(19(20)24)21-11-10-12-4-2-3-5-15(12)21/h2-9H,10-11H2,1H3. The molecule has 26 heavy (non-hydrogen) atoms. The third kappa shape index (κ3) is 2.28. The van der Waals surface area contributed by atoms with Crippen LogP contribution in [-0.2, 0) is 16.0 Å². The number of carbonyl (C=O) groups is 2. The zero-order valence-corrected chi connectivity index (χ0v) is 14.0. The van der Waals surface area contributed by atoms with Crippen molar-refractivity contribution in [1.82, 2.24) is 4.90 Å². The van der Waals surface area contributed by atoms with Gasteiger partial charge in [-0.25, -0.2) is 0 Å². The van der Waals surface area contributed by atoms with E-state index in [9.17, 15) is 19.7 Å². The summed E-state index contributed by atoms with van der Waals surface area (Å²) < 4.78 is 0. The van der Waals surface area contributed by atoms with Crippen LogP contribution in [0, 0.1) is 10.1 Å². The number of nitro benzene ring substituents is 1. The Bertz CT molecular complexity index is 979. The zero-order chi connectivity index (χ0) is 18.4. The van der Waals surface area contributed by atoms with Crippen LogP contribution in [0.4, 0.5) is 11.4 Å². The number of rotatable bonds is 3. The molecule has 7 nitrogen and oxygen atoms in total. The van der Waals surface area contributed by atoms with E-state index in [4.69, 9.17) is 0 Å². The minimum atomic E-state index is -0.496. The first-order chi connectivity index (χ1) is 12.5. The fourth-order valence-electron chi connectivity index (χ4n) is 3.46. The van der Waals surface area contributed by atoms with Crippen molar-refractivity contribution < 1.29 is 14.5 Å². The number of nitrogens with zero attached hydrogens (tertiary/aromatic N) is 3. The molecule has 2 heterocycles. The van der Waals surface area contributed by atoms with Gasteiger partial charge in [-0.15, -0.1) is 0 Å². The van der Waals surface area contributed by atoms with Crippen LogP contribution < -0.4 is 4.90 Å². The number of non-ortho nitro benzene ring substituents is 1. The van der Waals surface area contributed by atoms with E-state index in [1.807, 2.05) is 29.2 Å². The highest BCUT2D eigenvalue weighted by atomic mass is 16.6. The predicted molar refractivity (Wildman–Crippen MR) is 95.3 cm³/mol. The van der Waals surface area contributed by atoms with Crippen molar-refractivity contribution in [3.63, 3.8) is 0 Å². The SMILES string of the molecule is CN1C(=O)C(c2ccc([N+](=O)[O-])cc2)=C(N2CCc3ccccc32)C1=O. The van der Waals surface area contributed by atoms with Crippen LogP contribution >= 0.6 is 0 Å². The van der Waals surface area contributed by atoms with E-state index in [0.29, 0.717) is 17.8 Å². The first-order valence-corrected chi connectivity index (χ1v) is 8.16. The molecule has 0 bridgehead atoms. The van der Waals surface area contributed by atoms with E-state index in [0.717, 1.165) is 22.6 Å². The van der Waals surface area contributed by atoms with Gasteiger partial charge in [0.25, 0.3) is 17.5 Å². The molecule has 0 aromatic heterocycles. The lowest BCUT2D eigenvalue weighted by Crippen LogP contribution is -2.31. The number of carbonyl (C=O) groups excluding carboxylic acids is 2. The highest BCUT2D eigenvalue weighted by Crippen LogP contribution is 2.38. The molecule has 0 atom stereocenters. The van der Waals surface area contributed by atoms with Gasteiger partial charge in [-0.3, -0.25) is 24.6 Å². The Labute approximate surface area is 149 Å². The normalized spacial score (nSPS) is 16.5. The third-order valence-corrected chi connectivity index (χ3v) is 4.79. The van der Waals surface area contributed by atoms with Gasteiger partial charge in [0, 0.05) is 31.4 Å². The maximum absolute atomic E-state index is 12.8. The lowest BCUT2D eigenvalue weighted by atomic mass is 10.0. The van der Waals surface area contributed by atoms with Gasteiger partial charge in [-0.05, 0) is 35.7 Å². The molecule has 4 rings (SSSR count). The Morgan fingerprint density at radius 2 is 1.69 bits per heavy atom. The van der Waals surface area contributed by atoms with Crippen LogP contribution in [0.5, 0.6) is 0 Å². The number of nitro groups is 1. The molecule has 0 spiro atoms. The van der Waals surface area contributed by atoms with Crippen LogP contribution in [0.1, 0.15) is 11.1 Å². The lowest BCUT2D eigenvalue weighted by molar-refractivity contribution is -0.384. The van der Waals surface area contributed by atoms with Crippen LogP contribution in [0.2, 0.25) is 0 Å². The summed E-state index contributed by atoms with van der Waals surface area (Å²) in [6.45, 7) is 0.609. The van der Waals surface area contributed by atoms with Gasteiger partial charge < -0.3 is 4.90 Å². The van der Waals surface area contributed by atoms with Gasteiger partial charge in [-0.1, -0.05) is 18.2 Å². The lowest BCUT2D eigenvalue weighted by Gasteiger charge is -2.21. The summed E-state index contributed by atoms with van der Waals surface area (Å²) >= 11 is 0. The van der Waals surface area contributed by atoms with Crippen LogP contribution in [0.3, 0.4) is 0 Å². The fourth-order valence-corrected chi connectivity index (χ4v) is 3.46. The number of hydrogen-bond donors (Lipinski definition) is 0. The van der Waals surface area contributed by atoms with Crippen LogP contribution in [-0.4, -0.2) is 35.2 Å². The minimum absolute atomic E-state index is 0.0625. The first-order valence-electron chi connectivity index (χ1n) is 8.16. The minimum Gasteiger partial charge on any atom is -0.336 e. The summed E-state index contributed by atoms with van der Waals surface area (Å²) in [7, 11) is 1.45. The molecule has 0 aliphatic carbocycles. The van der Waals surface area contributed by atoms with Gasteiger partial charge >= 0.3 is 0 Å². The van der Waals surface area contributed by atoms with Gasteiger partial charge in [-0.2, -0.15) is 0 Å². The number of amides is 2. The Balaban J connectivity index is 1.86. The molecule has 0 fully saturated rings. The van der Waals surface area contributed by atoms with E-state index in [-0.39, 0.29) is 17.2 Å². The van der Waals surface area contributed by atoms with Crippen molar-refractivity contribution in [2.24, 2.45) is 0 Å². The van der Waals surface area contributed by atoms with Crippen molar-refractivity contribution in [3.05, 3.63) is 75.5 Å². The Morgan fingerprint density at radius 3 is 2.38 bits per heavy atom. The average molecular weight is 349 g/mol.